The van der Waals surface area contributed by atoms with E-state index in [1.165, 1.54) is 0 Å². The maximum absolute atomic E-state index is 11.0. The molecule has 0 aliphatic carbocycles. The maximum Gasteiger partial charge on any atom is 0.511 e. The van der Waals surface area contributed by atoms with E-state index in [1.807, 2.05) is 0 Å². The standard InChI is InChI=1S/C14H6Cl2O12/c15-3-1-5(25-11(17)18)7-8(9(3)27-13(21)22)6(26-12(19)20)2-4(16)10(7)28-14(23)24/h1-2H,(H,17,18)(H,19,20)(H,21,22)(H,23,24). The van der Waals surface area contributed by atoms with Gasteiger partial charge in [-0.25, -0.2) is 19.2 Å². The van der Waals surface area contributed by atoms with Gasteiger partial charge in [-0.2, -0.15) is 0 Å². The molecule has 2 rings (SSSR count). The van der Waals surface area contributed by atoms with Crippen LogP contribution < -0.4 is 18.9 Å². The Morgan fingerprint density at radius 1 is 0.607 bits per heavy atom. The molecule has 28 heavy (non-hydrogen) atoms. The van der Waals surface area contributed by atoms with Crippen LogP contribution in [0, 0.1) is 0 Å². The summed E-state index contributed by atoms with van der Waals surface area (Å²) in [4.78, 5) is 43.9. The van der Waals surface area contributed by atoms with Crippen LogP contribution in [0.25, 0.3) is 10.8 Å². The van der Waals surface area contributed by atoms with E-state index >= 15 is 0 Å². The minimum Gasteiger partial charge on any atom is -0.449 e. The zero-order chi connectivity index (χ0) is 21.2. The smallest absolute Gasteiger partial charge is 0.449 e. The molecule has 0 aromatic heterocycles. The van der Waals surface area contributed by atoms with E-state index in [2.05, 4.69) is 18.9 Å². The molecule has 0 atom stereocenters. The summed E-state index contributed by atoms with van der Waals surface area (Å²) in [6.45, 7) is 0. The molecule has 148 valence electrons. The second kappa shape index (κ2) is 7.94. The Bertz CT molecular complexity index is 934. The Morgan fingerprint density at radius 2 is 0.893 bits per heavy atom. The summed E-state index contributed by atoms with van der Waals surface area (Å²) in [6, 6.07) is 1.54. The lowest BCUT2D eigenvalue weighted by Crippen LogP contribution is -2.11. The molecule has 0 aliphatic heterocycles. The third-order valence-corrected chi connectivity index (χ3v) is 3.48. The van der Waals surface area contributed by atoms with Crippen LogP contribution in [0.1, 0.15) is 0 Å². The first-order chi connectivity index (χ1) is 13.0. The molecule has 0 radical (unpaired) electrons. The highest BCUT2D eigenvalue weighted by molar-refractivity contribution is 6.36. The quantitative estimate of drug-likeness (QED) is 0.391. The molecule has 0 saturated heterocycles. The van der Waals surface area contributed by atoms with Crippen molar-refractivity contribution in [3.05, 3.63) is 22.2 Å². The van der Waals surface area contributed by atoms with Crippen LogP contribution in [-0.4, -0.2) is 45.0 Å². The average molecular weight is 437 g/mol. The largest absolute Gasteiger partial charge is 0.511 e. The number of ether oxygens (including phenoxy) is 4. The van der Waals surface area contributed by atoms with Crippen molar-refractivity contribution in [1.29, 1.82) is 0 Å². The monoisotopic (exact) mass is 436 g/mol. The lowest BCUT2D eigenvalue weighted by Gasteiger charge is -2.17. The highest BCUT2D eigenvalue weighted by Crippen LogP contribution is 2.51. The number of fused-ring (bicyclic) bond motifs is 1. The minimum absolute atomic E-state index is 0.537. The number of hydrogen-bond donors (Lipinski definition) is 4. The molecule has 0 bridgehead atoms. The van der Waals surface area contributed by atoms with Crippen molar-refractivity contribution >= 4 is 58.6 Å². The summed E-state index contributed by atoms with van der Waals surface area (Å²) in [6.07, 6.45) is -7.50. The summed E-state index contributed by atoms with van der Waals surface area (Å²) in [5.74, 6) is -2.77. The molecule has 12 nitrogen and oxygen atoms in total. The van der Waals surface area contributed by atoms with Gasteiger partial charge in [-0.3, -0.25) is 0 Å². The fourth-order valence-corrected chi connectivity index (χ4v) is 2.63. The van der Waals surface area contributed by atoms with E-state index in [4.69, 9.17) is 43.6 Å². The molecule has 2 aromatic rings. The van der Waals surface area contributed by atoms with Gasteiger partial charge in [0.05, 0.1) is 20.8 Å². The van der Waals surface area contributed by atoms with Crippen LogP contribution in [0.4, 0.5) is 19.2 Å². The van der Waals surface area contributed by atoms with Crippen molar-refractivity contribution in [2.24, 2.45) is 0 Å². The minimum atomic E-state index is -1.88. The Labute approximate surface area is 162 Å². The molecular weight excluding hydrogens is 431 g/mol. The molecule has 0 aliphatic rings. The molecule has 14 heteroatoms. The molecule has 0 spiro atoms. The van der Waals surface area contributed by atoms with E-state index in [0.717, 1.165) is 12.1 Å². The number of rotatable bonds is 4. The molecule has 0 heterocycles. The fraction of sp³-hybridized carbons (Fsp3) is 0. The van der Waals surface area contributed by atoms with Crippen LogP contribution in [0.3, 0.4) is 0 Å². The molecule has 0 amide bonds. The molecular formula is C14H6Cl2O12. The first-order valence-electron chi connectivity index (χ1n) is 6.63. The summed E-state index contributed by atoms with van der Waals surface area (Å²) in [7, 11) is 0. The number of halogens is 2. The van der Waals surface area contributed by atoms with Gasteiger partial charge in [0.15, 0.2) is 11.5 Å². The zero-order valence-electron chi connectivity index (χ0n) is 13.0. The van der Waals surface area contributed by atoms with E-state index < -0.39 is 68.4 Å². The summed E-state index contributed by atoms with van der Waals surface area (Å²) < 4.78 is 18.0. The van der Waals surface area contributed by atoms with Crippen LogP contribution in [0.2, 0.25) is 10.0 Å². The van der Waals surface area contributed by atoms with Gasteiger partial charge in [0.2, 0.25) is 0 Å². The van der Waals surface area contributed by atoms with Crippen LogP contribution in [-0.2, 0) is 0 Å². The predicted molar refractivity (Wildman–Crippen MR) is 88.6 cm³/mol. The molecule has 4 N–H and O–H groups in total. The molecule has 0 fully saturated rings. The summed E-state index contributed by atoms with van der Waals surface area (Å²) >= 11 is 11.8. The Morgan fingerprint density at radius 3 is 1.14 bits per heavy atom. The summed E-state index contributed by atoms with van der Waals surface area (Å²) in [5.41, 5.74) is 0. The summed E-state index contributed by atoms with van der Waals surface area (Å²) in [5, 5.41) is 33.3. The van der Waals surface area contributed by atoms with Gasteiger partial charge >= 0.3 is 24.6 Å². The second-order valence-corrected chi connectivity index (χ2v) is 5.41. The van der Waals surface area contributed by atoms with Crippen LogP contribution >= 0.6 is 23.2 Å². The first kappa shape index (κ1) is 20.7. The van der Waals surface area contributed by atoms with E-state index in [0.29, 0.717) is 0 Å². The van der Waals surface area contributed by atoms with Crippen molar-refractivity contribution in [1.82, 2.24) is 0 Å². The average Bonchev–Trinajstić information content (AvgIpc) is 2.52. The Hall–Kier alpha value is -3.64. The Kier molecular flexibility index (Phi) is 5.86. The SMILES string of the molecule is O=C(O)Oc1cc(Cl)c(OC(=O)O)c2c(OC(=O)O)cc(Cl)c(OC(=O)O)c12. The zero-order valence-corrected chi connectivity index (χ0v) is 14.5. The molecule has 2 aromatic carbocycles. The van der Waals surface area contributed by atoms with Gasteiger partial charge in [-0.1, -0.05) is 23.2 Å². The fourth-order valence-electron chi connectivity index (χ4n) is 2.17. The van der Waals surface area contributed by atoms with Gasteiger partial charge in [-0.05, 0) is 0 Å². The third kappa shape index (κ3) is 4.36. The maximum atomic E-state index is 11.0. The van der Waals surface area contributed by atoms with Gasteiger partial charge in [0.25, 0.3) is 0 Å². The van der Waals surface area contributed by atoms with Crippen molar-refractivity contribution < 1.29 is 58.6 Å². The normalized spacial score (nSPS) is 10.2. The van der Waals surface area contributed by atoms with E-state index in [9.17, 15) is 19.2 Å². The first-order valence-corrected chi connectivity index (χ1v) is 7.38. The van der Waals surface area contributed by atoms with Crippen molar-refractivity contribution in [3.63, 3.8) is 0 Å². The highest BCUT2D eigenvalue weighted by atomic mass is 35.5. The topological polar surface area (TPSA) is 186 Å². The lowest BCUT2D eigenvalue weighted by atomic mass is 10.1. The number of carbonyl (C=O) groups is 4. The third-order valence-electron chi connectivity index (χ3n) is 2.92. The van der Waals surface area contributed by atoms with E-state index in [1.54, 1.807) is 0 Å². The predicted octanol–water partition coefficient (Wildman–Crippen LogP) is 4.37. The van der Waals surface area contributed by atoms with Gasteiger partial charge in [0, 0.05) is 12.1 Å². The number of carboxylic acid groups (broad SMARTS) is 4. The lowest BCUT2D eigenvalue weighted by molar-refractivity contribution is 0.140. The van der Waals surface area contributed by atoms with E-state index in [-0.39, 0.29) is 0 Å². The molecule has 0 saturated carbocycles. The number of benzene rings is 2. The highest BCUT2D eigenvalue weighted by Gasteiger charge is 2.28. The number of hydrogen-bond acceptors (Lipinski definition) is 8. The van der Waals surface area contributed by atoms with Crippen molar-refractivity contribution in [2.45, 2.75) is 0 Å². The molecule has 0 unspecified atom stereocenters. The van der Waals surface area contributed by atoms with Crippen LogP contribution in [0.15, 0.2) is 12.1 Å². The Balaban J connectivity index is 3.06. The van der Waals surface area contributed by atoms with Gasteiger partial charge in [0.1, 0.15) is 11.5 Å². The second-order valence-electron chi connectivity index (χ2n) is 4.59. The van der Waals surface area contributed by atoms with Crippen molar-refractivity contribution in [2.75, 3.05) is 0 Å². The van der Waals surface area contributed by atoms with Gasteiger partial charge < -0.3 is 39.4 Å². The van der Waals surface area contributed by atoms with Crippen molar-refractivity contribution in [3.8, 4) is 23.0 Å². The van der Waals surface area contributed by atoms with Gasteiger partial charge in [-0.15, -0.1) is 0 Å². The van der Waals surface area contributed by atoms with Crippen LogP contribution in [0.5, 0.6) is 23.0 Å².